The lowest BCUT2D eigenvalue weighted by Gasteiger charge is -2.21. The zero-order valence-corrected chi connectivity index (χ0v) is 14.3. The Hall–Kier alpha value is -2.40. The highest BCUT2D eigenvalue weighted by Crippen LogP contribution is 2.24. The van der Waals surface area contributed by atoms with E-state index in [0.29, 0.717) is 18.5 Å². The number of phenolic OH excluding ortho intramolecular Hbond substituents is 1. The second-order valence-corrected chi connectivity index (χ2v) is 6.74. The fourth-order valence-corrected chi connectivity index (χ4v) is 3.42. The Morgan fingerprint density at radius 2 is 2.04 bits per heavy atom. The molecule has 1 amide bonds. The van der Waals surface area contributed by atoms with Gasteiger partial charge < -0.3 is 10.4 Å². The molecule has 0 aromatic heterocycles. The van der Waals surface area contributed by atoms with Gasteiger partial charge in [-0.25, -0.2) is 4.39 Å². The standard InChI is InChI=1S/C20H23FN2O2/c1-14-9-16(13-23(14)12-15-5-3-2-4-6-15)11-22-20(25)18-8-7-17(24)10-19(18)21/h2-8,10,14,16,24H,9,11-13H2,1H3,(H,22,25)/t14-,16-/m1/s1. The zero-order valence-electron chi connectivity index (χ0n) is 14.3. The Morgan fingerprint density at radius 3 is 2.76 bits per heavy atom. The number of likely N-dealkylation sites (tertiary alicyclic amines) is 1. The minimum Gasteiger partial charge on any atom is -0.508 e. The molecular weight excluding hydrogens is 319 g/mol. The minimum atomic E-state index is -0.706. The van der Waals surface area contributed by atoms with Gasteiger partial charge in [-0.2, -0.15) is 0 Å². The van der Waals surface area contributed by atoms with Crippen molar-refractivity contribution in [1.82, 2.24) is 10.2 Å². The Morgan fingerprint density at radius 1 is 1.28 bits per heavy atom. The molecule has 132 valence electrons. The van der Waals surface area contributed by atoms with E-state index in [1.807, 2.05) is 18.2 Å². The molecule has 1 aliphatic rings. The molecule has 2 atom stereocenters. The number of nitrogens with one attached hydrogen (secondary N) is 1. The number of amides is 1. The van der Waals surface area contributed by atoms with E-state index in [4.69, 9.17) is 0 Å². The number of aromatic hydroxyl groups is 1. The van der Waals surface area contributed by atoms with Gasteiger partial charge in [0, 0.05) is 31.7 Å². The molecular formula is C20H23FN2O2. The van der Waals surface area contributed by atoms with Crippen molar-refractivity contribution in [2.24, 2.45) is 5.92 Å². The predicted molar refractivity (Wildman–Crippen MR) is 94.8 cm³/mol. The van der Waals surface area contributed by atoms with E-state index in [2.05, 4.69) is 29.3 Å². The maximum atomic E-state index is 13.7. The summed E-state index contributed by atoms with van der Waals surface area (Å²) in [6, 6.07) is 14.4. The van der Waals surface area contributed by atoms with E-state index < -0.39 is 11.7 Å². The molecule has 2 N–H and O–H groups in total. The van der Waals surface area contributed by atoms with Gasteiger partial charge in [-0.15, -0.1) is 0 Å². The topological polar surface area (TPSA) is 52.6 Å². The second kappa shape index (κ2) is 7.66. The Bertz CT molecular complexity index is 736. The molecule has 2 aromatic rings. The third-order valence-corrected chi connectivity index (χ3v) is 4.77. The number of rotatable bonds is 5. The average Bonchev–Trinajstić information content (AvgIpc) is 2.93. The number of carbonyl (C=O) groups is 1. The summed E-state index contributed by atoms with van der Waals surface area (Å²) in [7, 11) is 0. The van der Waals surface area contributed by atoms with Crippen LogP contribution in [0.5, 0.6) is 5.75 Å². The SMILES string of the molecule is C[C@@H]1C[C@H](CNC(=O)c2ccc(O)cc2F)CN1Cc1ccccc1. The van der Waals surface area contributed by atoms with Crippen molar-refractivity contribution in [3.63, 3.8) is 0 Å². The van der Waals surface area contributed by atoms with E-state index in [-0.39, 0.29) is 11.3 Å². The summed E-state index contributed by atoms with van der Waals surface area (Å²) < 4.78 is 13.7. The van der Waals surface area contributed by atoms with Crippen molar-refractivity contribution < 1.29 is 14.3 Å². The van der Waals surface area contributed by atoms with Gasteiger partial charge in [0.05, 0.1) is 5.56 Å². The summed E-state index contributed by atoms with van der Waals surface area (Å²) in [6.07, 6.45) is 1.01. The molecule has 0 unspecified atom stereocenters. The molecule has 1 aliphatic heterocycles. The third kappa shape index (κ3) is 4.37. The largest absolute Gasteiger partial charge is 0.508 e. The summed E-state index contributed by atoms with van der Waals surface area (Å²) in [5.41, 5.74) is 1.25. The number of benzene rings is 2. The first kappa shape index (κ1) is 17.4. The summed E-state index contributed by atoms with van der Waals surface area (Å²) in [6.45, 7) is 4.53. The second-order valence-electron chi connectivity index (χ2n) is 6.74. The van der Waals surface area contributed by atoms with Gasteiger partial charge in [0.2, 0.25) is 0 Å². The lowest BCUT2D eigenvalue weighted by molar-refractivity contribution is 0.0943. The fourth-order valence-electron chi connectivity index (χ4n) is 3.42. The summed E-state index contributed by atoms with van der Waals surface area (Å²) in [4.78, 5) is 14.6. The number of hydrogen-bond acceptors (Lipinski definition) is 3. The van der Waals surface area contributed by atoms with Crippen molar-refractivity contribution in [3.8, 4) is 5.75 Å². The first-order valence-electron chi connectivity index (χ1n) is 8.57. The number of nitrogens with zero attached hydrogens (tertiary/aromatic N) is 1. The summed E-state index contributed by atoms with van der Waals surface area (Å²) in [5.74, 6) is -0.979. The van der Waals surface area contributed by atoms with Crippen molar-refractivity contribution in [1.29, 1.82) is 0 Å². The van der Waals surface area contributed by atoms with Crippen LogP contribution >= 0.6 is 0 Å². The van der Waals surface area contributed by atoms with Crippen LogP contribution in [0.4, 0.5) is 4.39 Å². The van der Waals surface area contributed by atoms with Gasteiger partial charge >= 0.3 is 0 Å². The van der Waals surface area contributed by atoms with Crippen LogP contribution in [0.1, 0.15) is 29.3 Å². The number of halogens is 1. The first-order valence-corrected chi connectivity index (χ1v) is 8.57. The number of hydrogen-bond donors (Lipinski definition) is 2. The van der Waals surface area contributed by atoms with Crippen molar-refractivity contribution in [2.75, 3.05) is 13.1 Å². The summed E-state index contributed by atoms with van der Waals surface area (Å²) in [5, 5.41) is 12.0. The number of carbonyl (C=O) groups excluding carboxylic acids is 1. The minimum absolute atomic E-state index is 0.0370. The van der Waals surface area contributed by atoms with Crippen LogP contribution in [-0.4, -0.2) is 35.0 Å². The normalized spacial score (nSPS) is 20.6. The van der Waals surface area contributed by atoms with Crippen LogP contribution in [0.25, 0.3) is 0 Å². The van der Waals surface area contributed by atoms with Crippen molar-refractivity contribution in [2.45, 2.75) is 25.9 Å². The molecule has 4 nitrogen and oxygen atoms in total. The van der Waals surface area contributed by atoms with E-state index in [1.54, 1.807) is 0 Å². The van der Waals surface area contributed by atoms with Gasteiger partial charge in [0.15, 0.2) is 0 Å². The lowest BCUT2D eigenvalue weighted by Crippen LogP contribution is -2.31. The maximum Gasteiger partial charge on any atom is 0.254 e. The molecule has 1 heterocycles. The molecule has 25 heavy (non-hydrogen) atoms. The molecule has 0 spiro atoms. The van der Waals surface area contributed by atoms with Crippen LogP contribution < -0.4 is 5.32 Å². The van der Waals surface area contributed by atoms with Gasteiger partial charge in [-0.1, -0.05) is 30.3 Å². The predicted octanol–water partition coefficient (Wildman–Crippen LogP) is 3.17. The molecule has 0 aliphatic carbocycles. The quantitative estimate of drug-likeness (QED) is 0.877. The van der Waals surface area contributed by atoms with E-state index in [1.165, 1.54) is 17.7 Å². The van der Waals surface area contributed by atoms with Crippen LogP contribution in [0, 0.1) is 11.7 Å². The molecule has 2 aromatic carbocycles. The van der Waals surface area contributed by atoms with Crippen LogP contribution in [0.2, 0.25) is 0 Å². The molecule has 0 bridgehead atoms. The Balaban J connectivity index is 1.53. The Kier molecular flexibility index (Phi) is 5.34. The van der Waals surface area contributed by atoms with Crippen LogP contribution in [0.3, 0.4) is 0 Å². The summed E-state index contributed by atoms with van der Waals surface area (Å²) >= 11 is 0. The maximum absolute atomic E-state index is 13.7. The zero-order chi connectivity index (χ0) is 17.8. The highest BCUT2D eigenvalue weighted by molar-refractivity contribution is 5.94. The van der Waals surface area contributed by atoms with Gasteiger partial charge in [0.1, 0.15) is 11.6 Å². The molecule has 0 saturated carbocycles. The molecule has 5 heteroatoms. The molecule has 3 rings (SSSR count). The van der Waals surface area contributed by atoms with Gasteiger partial charge in [-0.3, -0.25) is 9.69 Å². The van der Waals surface area contributed by atoms with E-state index in [0.717, 1.165) is 25.6 Å². The van der Waals surface area contributed by atoms with Crippen molar-refractivity contribution in [3.05, 3.63) is 65.5 Å². The first-order chi connectivity index (χ1) is 12.0. The third-order valence-electron chi connectivity index (χ3n) is 4.77. The van der Waals surface area contributed by atoms with Crippen molar-refractivity contribution >= 4 is 5.91 Å². The highest BCUT2D eigenvalue weighted by Gasteiger charge is 2.29. The molecule has 1 saturated heterocycles. The van der Waals surface area contributed by atoms with E-state index >= 15 is 0 Å². The average molecular weight is 342 g/mol. The fraction of sp³-hybridized carbons (Fsp3) is 0.350. The van der Waals surface area contributed by atoms with Gasteiger partial charge in [-0.05, 0) is 37.0 Å². The lowest BCUT2D eigenvalue weighted by atomic mass is 10.1. The monoisotopic (exact) mass is 342 g/mol. The van der Waals surface area contributed by atoms with Crippen LogP contribution in [0.15, 0.2) is 48.5 Å². The smallest absolute Gasteiger partial charge is 0.254 e. The number of phenols is 1. The molecule has 0 radical (unpaired) electrons. The highest BCUT2D eigenvalue weighted by atomic mass is 19.1. The van der Waals surface area contributed by atoms with Gasteiger partial charge in [0.25, 0.3) is 5.91 Å². The molecule has 1 fully saturated rings. The van der Waals surface area contributed by atoms with E-state index in [9.17, 15) is 14.3 Å². The van der Waals surface area contributed by atoms with Crippen LogP contribution in [-0.2, 0) is 6.54 Å². The Labute approximate surface area is 147 Å².